The number of methoxy groups -OCH3 is 1. The third kappa shape index (κ3) is 6.15. The first-order valence-electron chi connectivity index (χ1n) is 9.98. The van der Waals surface area contributed by atoms with Gasteiger partial charge >= 0.3 is 6.09 Å². The largest absolute Gasteiger partial charge is 0.461 e. The van der Waals surface area contributed by atoms with Gasteiger partial charge < -0.3 is 14.5 Å². The van der Waals surface area contributed by atoms with Gasteiger partial charge in [-0.05, 0) is 31.0 Å². The van der Waals surface area contributed by atoms with Gasteiger partial charge in [0.05, 0.1) is 19.1 Å². The fraction of sp³-hybridized carbons (Fsp3) is 0.304. The van der Waals surface area contributed by atoms with Crippen LogP contribution in [-0.4, -0.2) is 40.5 Å². The monoisotopic (exact) mass is 423 g/mol. The molecule has 2 atom stereocenters. The van der Waals surface area contributed by atoms with Gasteiger partial charge in [0.25, 0.3) is 0 Å². The molecular weight excluding hydrogens is 398 g/mol. The molecule has 8 nitrogen and oxygen atoms in total. The molecule has 31 heavy (non-hydrogen) atoms. The number of hydrogen-bond donors (Lipinski definition) is 1. The first-order valence-corrected chi connectivity index (χ1v) is 9.98. The van der Waals surface area contributed by atoms with Crippen LogP contribution in [0, 0.1) is 5.92 Å². The number of benzene rings is 1. The van der Waals surface area contributed by atoms with E-state index < -0.39 is 12.0 Å². The molecule has 162 valence electrons. The Labute approximate surface area is 180 Å². The molecule has 1 N–H and O–H groups in total. The summed E-state index contributed by atoms with van der Waals surface area (Å²) < 4.78 is 11.1. The summed E-state index contributed by atoms with van der Waals surface area (Å²) in [6, 6.07) is 12.6. The van der Waals surface area contributed by atoms with Crippen LogP contribution in [0.25, 0.3) is 0 Å². The summed E-state index contributed by atoms with van der Waals surface area (Å²) in [6.07, 6.45) is 4.75. The molecule has 1 amide bonds. The second-order valence-electron chi connectivity index (χ2n) is 7.35. The van der Waals surface area contributed by atoms with Crippen molar-refractivity contribution in [1.82, 2.24) is 14.9 Å². The molecule has 0 aliphatic rings. The van der Waals surface area contributed by atoms with Gasteiger partial charge in [0.15, 0.2) is 11.5 Å². The number of aromatic nitrogens is 2. The van der Waals surface area contributed by atoms with Crippen LogP contribution in [0.2, 0.25) is 0 Å². The molecular formula is C23H25N3O5. The first kappa shape index (κ1) is 22.0. The van der Waals surface area contributed by atoms with E-state index in [0.29, 0.717) is 18.5 Å². The standard InChI is InChI=1S/C23H25N3O5/c1-16(11-19-14-26(15-24-19)23(29)30-2)25-22(28)18(12-17-7-4-3-5-8-17)13-20(27)21-9-6-10-31-21/h3-10,14-16,18H,11-13H2,1-2H3,(H,25,28)/t16-,18+/m1/s1. The predicted octanol–water partition coefficient (Wildman–Crippen LogP) is 3.27. The molecule has 0 spiro atoms. The van der Waals surface area contributed by atoms with Crippen molar-refractivity contribution in [3.63, 3.8) is 0 Å². The molecule has 1 aromatic carbocycles. The van der Waals surface area contributed by atoms with Gasteiger partial charge in [-0.1, -0.05) is 30.3 Å². The second kappa shape index (κ2) is 10.4. The Bertz CT molecular complexity index is 1010. The maximum atomic E-state index is 13.0. The minimum Gasteiger partial charge on any atom is -0.461 e. The molecule has 0 saturated heterocycles. The van der Waals surface area contributed by atoms with E-state index in [1.54, 1.807) is 18.3 Å². The summed E-state index contributed by atoms with van der Waals surface area (Å²) in [5.41, 5.74) is 1.61. The van der Waals surface area contributed by atoms with E-state index in [9.17, 15) is 14.4 Å². The molecule has 0 saturated carbocycles. The zero-order valence-electron chi connectivity index (χ0n) is 17.5. The summed E-state index contributed by atoms with van der Waals surface area (Å²) in [6.45, 7) is 1.85. The molecule has 2 aromatic heterocycles. The fourth-order valence-electron chi connectivity index (χ4n) is 3.32. The highest BCUT2D eigenvalue weighted by Crippen LogP contribution is 2.17. The lowest BCUT2D eigenvalue weighted by atomic mass is 9.92. The molecule has 0 aliphatic carbocycles. The van der Waals surface area contributed by atoms with Crippen molar-refractivity contribution in [2.75, 3.05) is 7.11 Å². The third-order valence-corrected chi connectivity index (χ3v) is 4.85. The number of ether oxygens (including phenoxy) is 1. The molecule has 8 heteroatoms. The highest BCUT2D eigenvalue weighted by atomic mass is 16.5. The molecule has 3 aromatic rings. The van der Waals surface area contributed by atoms with E-state index in [0.717, 1.165) is 5.56 Å². The maximum Gasteiger partial charge on any atom is 0.418 e. The number of carbonyl (C=O) groups excluding carboxylic acids is 3. The second-order valence-corrected chi connectivity index (χ2v) is 7.35. The Balaban J connectivity index is 1.65. The Kier molecular flexibility index (Phi) is 7.37. The van der Waals surface area contributed by atoms with E-state index in [1.807, 2.05) is 37.3 Å². The van der Waals surface area contributed by atoms with E-state index in [-0.39, 0.29) is 29.9 Å². The topological polar surface area (TPSA) is 103 Å². The number of amides is 1. The number of hydrogen-bond acceptors (Lipinski definition) is 6. The molecule has 0 aliphatic heterocycles. The van der Waals surface area contributed by atoms with Gasteiger partial charge in [-0.3, -0.25) is 9.59 Å². The van der Waals surface area contributed by atoms with Crippen LogP contribution in [0.1, 0.15) is 35.2 Å². The van der Waals surface area contributed by atoms with Crippen molar-refractivity contribution in [2.45, 2.75) is 32.2 Å². The van der Waals surface area contributed by atoms with Crippen LogP contribution < -0.4 is 5.32 Å². The minimum absolute atomic E-state index is 0.0396. The maximum absolute atomic E-state index is 13.0. The summed E-state index contributed by atoms with van der Waals surface area (Å²) in [7, 11) is 1.29. The van der Waals surface area contributed by atoms with E-state index in [4.69, 9.17) is 4.42 Å². The number of carbonyl (C=O) groups is 3. The van der Waals surface area contributed by atoms with Gasteiger partial charge in [0.1, 0.15) is 6.33 Å². The number of imidazole rings is 1. The first-order chi connectivity index (χ1) is 15.0. The summed E-state index contributed by atoms with van der Waals surface area (Å²) in [4.78, 5) is 41.3. The van der Waals surface area contributed by atoms with Crippen molar-refractivity contribution in [1.29, 1.82) is 0 Å². The fourth-order valence-corrected chi connectivity index (χ4v) is 3.32. The van der Waals surface area contributed by atoms with Gasteiger partial charge in [0.2, 0.25) is 5.91 Å². The smallest absolute Gasteiger partial charge is 0.418 e. The molecule has 3 rings (SSSR count). The highest BCUT2D eigenvalue weighted by molar-refractivity contribution is 5.96. The van der Waals surface area contributed by atoms with Crippen LogP contribution in [0.4, 0.5) is 4.79 Å². The van der Waals surface area contributed by atoms with Gasteiger partial charge in [-0.15, -0.1) is 0 Å². The van der Waals surface area contributed by atoms with Crippen LogP contribution in [0.15, 0.2) is 65.7 Å². The lowest BCUT2D eigenvalue weighted by Crippen LogP contribution is -2.40. The van der Waals surface area contributed by atoms with E-state index in [2.05, 4.69) is 15.0 Å². The van der Waals surface area contributed by atoms with Crippen LogP contribution in [0.5, 0.6) is 0 Å². The number of nitrogens with zero attached hydrogens (tertiary/aromatic N) is 2. The molecule has 0 bridgehead atoms. The Morgan fingerprint density at radius 2 is 1.90 bits per heavy atom. The average Bonchev–Trinajstić information content (AvgIpc) is 3.45. The summed E-state index contributed by atoms with van der Waals surface area (Å²) in [5, 5.41) is 2.96. The number of Topliss-reactive ketones (excluding diaryl/α,β-unsaturated/α-hetero) is 1. The van der Waals surface area contributed by atoms with Crippen molar-refractivity contribution in [3.05, 3.63) is 78.3 Å². The quantitative estimate of drug-likeness (QED) is 0.530. The predicted molar refractivity (Wildman–Crippen MR) is 113 cm³/mol. The van der Waals surface area contributed by atoms with Crippen molar-refractivity contribution in [2.24, 2.45) is 5.92 Å². The Morgan fingerprint density at radius 1 is 1.13 bits per heavy atom. The van der Waals surface area contributed by atoms with Crippen LogP contribution in [0.3, 0.4) is 0 Å². The van der Waals surface area contributed by atoms with Gasteiger partial charge in [-0.25, -0.2) is 14.3 Å². The summed E-state index contributed by atoms with van der Waals surface area (Å²) >= 11 is 0. The molecule has 0 radical (unpaired) electrons. The lowest BCUT2D eigenvalue weighted by molar-refractivity contribution is -0.125. The normalized spacial score (nSPS) is 12.7. The van der Waals surface area contributed by atoms with Crippen molar-refractivity contribution < 1.29 is 23.5 Å². The van der Waals surface area contributed by atoms with Crippen molar-refractivity contribution in [3.8, 4) is 0 Å². The Hall–Kier alpha value is -3.68. The van der Waals surface area contributed by atoms with Crippen LogP contribution >= 0.6 is 0 Å². The highest BCUT2D eigenvalue weighted by Gasteiger charge is 2.25. The van der Waals surface area contributed by atoms with Gasteiger partial charge in [-0.2, -0.15) is 0 Å². The van der Waals surface area contributed by atoms with E-state index >= 15 is 0 Å². The number of ketones is 1. The lowest BCUT2D eigenvalue weighted by Gasteiger charge is -2.19. The minimum atomic E-state index is -0.546. The average molecular weight is 423 g/mol. The zero-order valence-corrected chi connectivity index (χ0v) is 17.5. The number of nitrogens with one attached hydrogen (secondary N) is 1. The van der Waals surface area contributed by atoms with Crippen molar-refractivity contribution >= 4 is 17.8 Å². The number of furan rings is 1. The summed E-state index contributed by atoms with van der Waals surface area (Å²) in [5.74, 6) is -0.739. The molecule has 0 fully saturated rings. The molecule has 0 unspecified atom stereocenters. The van der Waals surface area contributed by atoms with E-state index in [1.165, 1.54) is 24.3 Å². The third-order valence-electron chi connectivity index (χ3n) is 4.85. The Morgan fingerprint density at radius 3 is 2.58 bits per heavy atom. The zero-order chi connectivity index (χ0) is 22.2. The SMILES string of the molecule is COC(=O)n1cnc(C[C@@H](C)NC(=O)[C@H](CC(=O)c2ccco2)Cc2ccccc2)c1. The number of rotatable bonds is 9. The van der Waals surface area contributed by atoms with Crippen LogP contribution in [-0.2, 0) is 22.4 Å². The van der Waals surface area contributed by atoms with Gasteiger partial charge in [0, 0.05) is 31.0 Å². The molecule has 2 heterocycles.